The first kappa shape index (κ1) is 29.5. The van der Waals surface area contributed by atoms with Crippen molar-refractivity contribution in [2.45, 2.75) is 0 Å². The first-order valence-electron chi connectivity index (χ1n) is 18.5. The molecule has 1 aromatic heterocycles. The maximum absolute atomic E-state index is 7.09. The third kappa shape index (κ3) is 4.14. The topological polar surface area (TPSA) is 23.4 Å². The molecule has 4 heteroatoms. The number of benzene rings is 9. The van der Waals surface area contributed by atoms with E-state index in [-0.39, 0.29) is 6.71 Å². The zero-order chi connectivity index (χ0) is 35.3. The maximum Gasteiger partial charge on any atom is 0.260 e. The van der Waals surface area contributed by atoms with Gasteiger partial charge in [0.2, 0.25) is 0 Å². The number of aromatic nitrogens is 1. The molecule has 2 aliphatic heterocycles. The van der Waals surface area contributed by atoms with Crippen LogP contribution in [0.1, 0.15) is 0 Å². The number of hydrogen-bond donors (Lipinski definition) is 0. The van der Waals surface area contributed by atoms with Crippen LogP contribution in [0.5, 0.6) is 23.0 Å². The molecule has 12 rings (SSSR count). The molecule has 0 amide bonds. The van der Waals surface area contributed by atoms with Crippen molar-refractivity contribution in [2.24, 2.45) is 0 Å². The van der Waals surface area contributed by atoms with Crippen molar-refractivity contribution < 1.29 is 9.47 Å². The van der Waals surface area contributed by atoms with Gasteiger partial charge in [-0.05, 0) is 91.1 Å². The van der Waals surface area contributed by atoms with Crippen molar-refractivity contribution >= 4 is 66.5 Å². The third-order valence-electron chi connectivity index (χ3n) is 11.5. The highest BCUT2D eigenvalue weighted by Gasteiger charge is 2.40. The molecule has 0 fully saturated rings. The van der Waals surface area contributed by atoms with E-state index in [1.807, 2.05) is 0 Å². The van der Waals surface area contributed by atoms with Gasteiger partial charge in [0.1, 0.15) is 23.0 Å². The minimum Gasteiger partial charge on any atom is -0.458 e. The molecule has 9 aromatic carbocycles. The van der Waals surface area contributed by atoms with Gasteiger partial charge in [-0.2, -0.15) is 0 Å². The van der Waals surface area contributed by atoms with Crippen LogP contribution < -0.4 is 25.9 Å². The molecule has 0 saturated heterocycles. The molecular weight excluding hydrogens is 657 g/mol. The van der Waals surface area contributed by atoms with Crippen molar-refractivity contribution in [2.75, 3.05) is 0 Å². The Bertz CT molecular complexity index is 3070. The van der Waals surface area contributed by atoms with Gasteiger partial charge >= 0.3 is 0 Å². The Labute approximate surface area is 312 Å². The number of fused-ring (bicyclic) bond motifs is 9. The minimum absolute atomic E-state index is 0.0288. The molecule has 0 unspecified atom stereocenters. The van der Waals surface area contributed by atoms with E-state index in [1.165, 1.54) is 60.0 Å². The monoisotopic (exact) mass is 687 g/mol. The molecule has 0 atom stereocenters. The number of para-hydroxylation sites is 3. The summed E-state index contributed by atoms with van der Waals surface area (Å²) in [5.74, 6) is 3.41. The van der Waals surface area contributed by atoms with Crippen LogP contribution in [0.3, 0.4) is 0 Å². The van der Waals surface area contributed by atoms with Crippen molar-refractivity contribution in [1.82, 2.24) is 4.57 Å². The van der Waals surface area contributed by atoms with Gasteiger partial charge in [0.15, 0.2) is 0 Å². The molecule has 0 bridgehead atoms. The van der Waals surface area contributed by atoms with Gasteiger partial charge in [-0.25, -0.2) is 0 Å². The zero-order valence-corrected chi connectivity index (χ0v) is 29.2. The smallest absolute Gasteiger partial charge is 0.260 e. The highest BCUT2D eigenvalue weighted by Crippen LogP contribution is 2.46. The van der Waals surface area contributed by atoms with E-state index in [9.17, 15) is 0 Å². The van der Waals surface area contributed by atoms with E-state index in [0.717, 1.165) is 50.6 Å². The largest absolute Gasteiger partial charge is 0.458 e. The molecule has 250 valence electrons. The lowest BCUT2D eigenvalue weighted by Gasteiger charge is -2.33. The first-order valence-corrected chi connectivity index (χ1v) is 18.5. The van der Waals surface area contributed by atoms with E-state index < -0.39 is 0 Å². The molecular formula is C50H30BNO2. The predicted molar refractivity (Wildman–Crippen MR) is 224 cm³/mol. The zero-order valence-electron chi connectivity index (χ0n) is 29.2. The molecule has 3 nitrogen and oxygen atoms in total. The third-order valence-corrected chi connectivity index (χ3v) is 11.5. The van der Waals surface area contributed by atoms with Crippen molar-refractivity contribution in [3.05, 3.63) is 182 Å². The van der Waals surface area contributed by atoms with Gasteiger partial charge in [0.05, 0.1) is 11.0 Å². The van der Waals surface area contributed by atoms with Gasteiger partial charge in [-0.15, -0.1) is 0 Å². The lowest BCUT2D eigenvalue weighted by atomic mass is 9.35. The molecule has 54 heavy (non-hydrogen) atoms. The van der Waals surface area contributed by atoms with Crippen LogP contribution in [0.4, 0.5) is 0 Å². The van der Waals surface area contributed by atoms with Crippen molar-refractivity contribution in [3.8, 4) is 50.9 Å². The van der Waals surface area contributed by atoms with Gasteiger partial charge < -0.3 is 14.0 Å². The second-order valence-corrected chi connectivity index (χ2v) is 14.4. The molecule has 0 spiro atoms. The van der Waals surface area contributed by atoms with Crippen LogP contribution in [-0.2, 0) is 0 Å². The Morgan fingerprint density at radius 2 is 0.833 bits per heavy atom. The van der Waals surface area contributed by atoms with Gasteiger partial charge in [-0.3, -0.25) is 0 Å². The van der Waals surface area contributed by atoms with Gasteiger partial charge in [-0.1, -0.05) is 140 Å². The Morgan fingerprint density at radius 1 is 0.352 bits per heavy atom. The van der Waals surface area contributed by atoms with Crippen LogP contribution in [0.25, 0.3) is 71.3 Å². The number of hydrogen-bond acceptors (Lipinski definition) is 2. The summed E-state index contributed by atoms with van der Waals surface area (Å²) in [4.78, 5) is 0. The molecule has 0 aliphatic carbocycles. The van der Waals surface area contributed by atoms with Gasteiger partial charge in [0.25, 0.3) is 6.71 Å². The van der Waals surface area contributed by atoms with E-state index in [2.05, 4.69) is 187 Å². The Morgan fingerprint density at radius 3 is 1.46 bits per heavy atom. The molecule has 0 radical (unpaired) electrons. The van der Waals surface area contributed by atoms with Crippen LogP contribution in [0.15, 0.2) is 182 Å². The molecule has 0 saturated carbocycles. The fourth-order valence-electron chi connectivity index (χ4n) is 9.27. The van der Waals surface area contributed by atoms with Crippen LogP contribution in [-0.4, -0.2) is 11.3 Å². The second-order valence-electron chi connectivity index (χ2n) is 14.4. The number of nitrogens with zero attached hydrogens (tertiary/aromatic N) is 1. The second kappa shape index (κ2) is 11.2. The first-order chi connectivity index (χ1) is 26.8. The van der Waals surface area contributed by atoms with Crippen LogP contribution >= 0.6 is 0 Å². The van der Waals surface area contributed by atoms with E-state index in [1.54, 1.807) is 0 Å². The maximum atomic E-state index is 7.09. The summed E-state index contributed by atoms with van der Waals surface area (Å²) in [5, 5.41) is 7.30. The Balaban J connectivity index is 1.11. The average molecular weight is 688 g/mol. The SMILES string of the molecule is c1ccc(-c2c3ccccc3c(-c3cc4c5c(c3)Oc3cc(-n6c7ccccc7c7ccccc76)ccc3B5c3ccccc3O4)c3ccccc23)cc1. The summed E-state index contributed by atoms with van der Waals surface area (Å²) in [6.45, 7) is -0.0288. The molecule has 3 heterocycles. The summed E-state index contributed by atoms with van der Waals surface area (Å²) >= 11 is 0. The summed E-state index contributed by atoms with van der Waals surface area (Å²) in [6.07, 6.45) is 0. The summed E-state index contributed by atoms with van der Waals surface area (Å²) in [7, 11) is 0. The van der Waals surface area contributed by atoms with E-state index in [4.69, 9.17) is 9.47 Å². The lowest BCUT2D eigenvalue weighted by Crippen LogP contribution is -2.57. The highest BCUT2D eigenvalue weighted by molar-refractivity contribution is 6.98. The van der Waals surface area contributed by atoms with Crippen molar-refractivity contribution in [3.63, 3.8) is 0 Å². The fourth-order valence-corrected chi connectivity index (χ4v) is 9.27. The normalized spacial score (nSPS) is 12.7. The Hall–Kier alpha value is -7.04. The summed E-state index contributed by atoms with van der Waals surface area (Å²) < 4.78 is 16.3. The van der Waals surface area contributed by atoms with E-state index in [0.29, 0.717) is 0 Å². The fraction of sp³-hybridized carbons (Fsp3) is 0. The molecule has 2 aliphatic rings. The molecule has 10 aromatic rings. The summed E-state index contributed by atoms with van der Waals surface area (Å²) in [6, 6.07) is 65.3. The molecule has 0 N–H and O–H groups in total. The minimum atomic E-state index is -0.0288. The van der Waals surface area contributed by atoms with E-state index >= 15 is 0 Å². The predicted octanol–water partition coefficient (Wildman–Crippen LogP) is 11.2. The average Bonchev–Trinajstić information content (AvgIpc) is 3.57. The van der Waals surface area contributed by atoms with Crippen molar-refractivity contribution in [1.29, 1.82) is 0 Å². The Kier molecular flexibility index (Phi) is 6.14. The van der Waals surface area contributed by atoms with Crippen LogP contribution in [0, 0.1) is 0 Å². The lowest BCUT2D eigenvalue weighted by molar-refractivity contribution is 0.465. The summed E-state index contributed by atoms with van der Waals surface area (Å²) in [5.41, 5.74) is 11.5. The number of ether oxygens (including phenoxy) is 2. The standard InChI is InChI=1S/C50H30BNO2/c1-2-14-31(15-3-1)48-36-18-4-6-20-38(36)49(39-21-7-5-19-37(39)48)32-28-46-50-47(29-32)54-45-30-33(26-27-41(45)51(50)40-22-10-13-25-44(40)53-46)52-42-23-11-8-16-34(42)35-17-9-12-24-43(35)52/h1-30H. The highest BCUT2D eigenvalue weighted by atomic mass is 16.5. The van der Waals surface area contributed by atoms with Crippen LogP contribution in [0.2, 0.25) is 0 Å². The number of rotatable bonds is 3. The van der Waals surface area contributed by atoms with Gasteiger partial charge in [0, 0.05) is 28.0 Å². The quantitative estimate of drug-likeness (QED) is 0.136.